The van der Waals surface area contributed by atoms with Crippen molar-refractivity contribution in [3.8, 4) is 0 Å². The fourth-order valence-electron chi connectivity index (χ4n) is 3.24. The Bertz CT molecular complexity index is 698. The van der Waals surface area contributed by atoms with E-state index in [0.29, 0.717) is 5.96 Å². The molecule has 0 radical (unpaired) electrons. The lowest BCUT2D eigenvalue weighted by Crippen LogP contribution is -2.53. The lowest BCUT2D eigenvalue weighted by atomic mass is 10.0. The van der Waals surface area contributed by atoms with Gasteiger partial charge in [-0.3, -0.25) is 4.79 Å². The minimum Gasteiger partial charge on any atom is -0.369 e. The molecule has 1 aromatic carbocycles. The SMILES string of the molecule is CCC(C)NC(=NCC(=O)N(C)C)NC1CCCN(c2ccc(F)cc2C)C1.I. The Hall–Kier alpha value is -1.58. The van der Waals surface area contributed by atoms with Crippen molar-refractivity contribution >= 4 is 41.5 Å². The molecule has 1 fully saturated rings. The molecule has 1 saturated heterocycles. The van der Waals surface area contributed by atoms with Gasteiger partial charge >= 0.3 is 0 Å². The van der Waals surface area contributed by atoms with Crippen molar-refractivity contribution in [3.63, 3.8) is 0 Å². The summed E-state index contributed by atoms with van der Waals surface area (Å²) in [6, 6.07) is 5.43. The van der Waals surface area contributed by atoms with Crippen LogP contribution in [0.15, 0.2) is 23.2 Å². The number of hydrogen-bond donors (Lipinski definition) is 2. The summed E-state index contributed by atoms with van der Waals surface area (Å²) in [6.45, 7) is 8.04. The fourth-order valence-corrected chi connectivity index (χ4v) is 3.24. The van der Waals surface area contributed by atoms with Crippen LogP contribution in [0.1, 0.15) is 38.7 Å². The van der Waals surface area contributed by atoms with Crippen molar-refractivity contribution in [1.29, 1.82) is 0 Å². The topological polar surface area (TPSA) is 60.0 Å². The predicted molar refractivity (Wildman–Crippen MR) is 129 cm³/mol. The molecule has 164 valence electrons. The van der Waals surface area contributed by atoms with Gasteiger partial charge in [-0.2, -0.15) is 0 Å². The first-order valence-corrected chi connectivity index (χ1v) is 10.1. The van der Waals surface area contributed by atoms with Crippen molar-refractivity contribution in [2.45, 2.75) is 52.1 Å². The molecule has 0 bridgehead atoms. The van der Waals surface area contributed by atoms with Crippen molar-refractivity contribution in [3.05, 3.63) is 29.6 Å². The molecule has 1 aromatic rings. The Morgan fingerprint density at radius 2 is 2.14 bits per heavy atom. The van der Waals surface area contributed by atoms with E-state index in [0.717, 1.165) is 43.6 Å². The van der Waals surface area contributed by atoms with Gasteiger partial charge in [-0.1, -0.05) is 6.92 Å². The monoisotopic (exact) mass is 519 g/mol. The van der Waals surface area contributed by atoms with Crippen LogP contribution in [-0.2, 0) is 4.79 Å². The first kappa shape index (κ1) is 25.5. The molecule has 0 spiro atoms. The third-order valence-electron chi connectivity index (χ3n) is 5.13. The summed E-state index contributed by atoms with van der Waals surface area (Å²) in [4.78, 5) is 20.2. The number of aryl methyl sites for hydroxylation is 1. The first-order valence-electron chi connectivity index (χ1n) is 10.1. The van der Waals surface area contributed by atoms with E-state index in [9.17, 15) is 9.18 Å². The Kier molecular flexibility index (Phi) is 10.7. The maximum absolute atomic E-state index is 13.4. The largest absolute Gasteiger partial charge is 0.369 e. The zero-order valence-electron chi connectivity index (χ0n) is 18.2. The number of rotatable bonds is 6. The van der Waals surface area contributed by atoms with E-state index in [-0.39, 0.29) is 54.3 Å². The molecule has 0 aromatic heterocycles. The van der Waals surface area contributed by atoms with Gasteiger partial charge in [0.2, 0.25) is 5.91 Å². The third-order valence-corrected chi connectivity index (χ3v) is 5.13. The molecule has 1 aliphatic heterocycles. The summed E-state index contributed by atoms with van der Waals surface area (Å²) in [5.41, 5.74) is 2.02. The van der Waals surface area contributed by atoms with Crippen LogP contribution in [0.4, 0.5) is 10.1 Å². The van der Waals surface area contributed by atoms with Crippen molar-refractivity contribution in [2.75, 3.05) is 38.6 Å². The Balaban J connectivity index is 0.00000420. The van der Waals surface area contributed by atoms with E-state index in [1.54, 1.807) is 25.1 Å². The number of anilines is 1. The van der Waals surface area contributed by atoms with Gasteiger partial charge in [0.1, 0.15) is 12.4 Å². The number of nitrogens with one attached hydrogen (secondary N) is 2. The summed E-state index contributed by atoms with van der Waals surface area (Å²) >= 11 is 0. The molecule has 2 N–H and O–H groups in total. The van der Waals surface area contributed by atoms with Gasteiger partial charge in [-0.25, -0.2) is 9.38 Å². The maximum Gasteiger partial charge on any atom is 0.243 e. The van der Waals surface area contributed by atoms with Crippen LogP contribution in [0.5, 0.6) is 0 Å². The molecule has 6 nitrogen and oxygen atoms in total. The maximum atomic E-state index is 13.4. The van der Waals surface area contributed by atoms with E-state index in [1.807, 2.05) is 13.0 Å². The summed E-state index contributed by atoms with van der Waals surface area (Å²) in [5.74, 6) is 0.440. The number of amides is 1. The van der Waals surface area contributed by atoms with Crippen LogP contribution in [0.25, 0.3) is 0 Å². The van der Waals surface area contributed by atoms with E-state index in [1.165, 1.54) is 6.07 Å². The zero-order valence-corrected chi connectivity index (χ0v) is 20.5. The van der Waals surface area contributed by atoms with Crippen LogP contribution in [0, 0.1) is 12.7 Å². The second kappa shape index (κ2) is 12.2. The number of aliphatic imine (C=N–C) groups is 1. The molecular formula is C21H35FIN5O. The number of carbonyl (C=O) groups is 1. The lowest BCUT2D eigenvalue weighted by Gasteiger charge is -2.36. The number of hydrogen-bond acceptors (Lipinski definition) is 3. The number of guanidine groups is 1. The Morgan fingerprint density at radius 3 is 2.76 bits per heavy atom. The van der Waals surface area contributed by atoms with Crippen LogP contribution in [0.2, 0.25) is 0 Å². The highest BCUT2D eigenvalue weighted by atomic mass is 127. The molecule has 2 atom stereocenters. The number of nitrogens with zero attached hydrogens (tertiary/aromatic N) is 3. The molecule has 0 aliphatic carbocycles. The van der Waals surface area contributed by atoms with E-state index in [2.05, 4.69) is 34.4 Å². The molecule has 0 saturated carbocycles. The summed E-state index contributed by atoms with van der Waals surface area (Å²) in [6.07, 6.45) is 3.04. The van der Waals surface area contributed by atoms with E-state index < -0.39 is 0 Å². The van der Waals surface area contributed by atoms with E-state index in [4.69, 9.17) is 0 Å². The van der Waals surface area contributed by atoms with E-state index >= 15 is 0 Å². The molecule has 1 aliphatic rings. The van der Waals surface area contributed by atoms with Crippen molar-refractivity contribution in [1.82, 2.24) is 15.5 Å². The normalized spacial score (nSPS) is 17.9. The third kappa shape index (κ3) is 7.98. The molecule has 29 heavy (non-hydrogen) atoms. The van der Waals surface area contributed by atoms with Gasteiger partial charge < -0.3 is 20.4 Å². The van der Waals surface area contributed by atoms with Crippen LogP contribution < -0.4 is 15.5 Å². The van der Waals surface area contributed by atoms with Crippen LogP contribution in [0.3, 0.4) is 0 Å². The average molecular weight is 519 g/mol. The number of benzene rings is 1. The van der Waals surface area contributed by atoms with Crippen LogP contribution in [-0.4, -0.2) is 62.6 Å². The number of likely N-dealkylation sites (N-methyl/N-ethyl adjacent to an activating group) is 1. The number of piperidine rings is 1. The highest BCUT2D eigenvalue weighted by Gasteiger charge is 2.22. The molecule has 2 rings (SSSR count). The Labute approximate surface area is 191 Å². The number of halogens is 2. The summed E-state index contributed by atoms with van der Waals surface area (Å²) in [7, 11) is 3.47. The number of carbonyl (C=O) groups excluding carboxylic acids is 1. The molecule has 8 heteroatoms. The second-order valence-electron chi connectivity index (χ2n) is 7.77. The quantitative estimate of drug-likeness (QED) is 0.345. The molecule has 1 amide bonds. The highest BCUT2D eigenvalue weighted by Crippen LogP contribution is 2.24. The minimum absolute atomic E-state index is 0. The van der Waals surface area contributed by atoms with Crippen molar-refractivity contribution < 1.29 is 9.18 Å². The van der Waals surface area contributed by atoms with Crippen molar-refractivity contribution in [2.24, 2.45) is 4.99 Å². The molecular weight excluding hydrogens is 484 g/mol. The standard InChI is InChI=1S/C21H34FN5O.HI/c1-6-16(3)24-21(23-13-20(28)26(4)5)25-18-8-7-11-27(14-18)19-10-9-17(22)12-15(19)2;/h9-10,12,16,18H,6-8,11,13-14H2,1-5H3,(H2,23,24,25);1H. The minimum atomic E-state index is -0.203. The van der Waals surface area contributed by atoms with Gasteiger partial charge in [0.25, 0.3) is 0 Å². The lowest BCUT2D eigenvalue weighted by molar-refractivity contribution is -0.127. The van der Waals surface area contributed by atoms with Gasteiger partial charge in [0, 0.05) is 45.0 Å². The van der Waals surface area contributed by atoms with Gasteiger partial charge in [0.05, 0.1) is 0 Å². The zero-order chi connectivity index (χ0) is 20.7. The summed E-state index contributed by atoms with van der Waals surface area (Å²) < 4.78 is 13.4. The fraction of sp³-hybridized carbons (Fsp3) is 0.619. The molecule has 1 heterocycles. The van der Waals surface area contributed by atoms with Gasteiger partial charge in [0.15, 0.2) is 5.96 Å². The average Bonchev–Trinajstić information content (AvgIpc) is 2.65. The summed E-state index contributed by atoms with van der Waals surface area (Å²) in [5, 5.41) is 6.88. The van der Waals surface area contributed by atoms with Gasteiger partial charge in [-0.05, 0) is 56.9 Å². The smallest absolute Gasteiger partial charge is 0.243 e. The second-order valence-corrected chi connectivity index (χ2v) is 7.77. The van der Waals surface area contributed by atoms with Crippen LogP contribution >= 0.6 is 24.0 Å². The van der Waals surface area contributed by atoms with Gasteiger partial charge in [-0.15, -0.1) is 24.0 Å². The Morgan fingerprint density at radius 1 is 1.41 bits per heavy atom. The highest BCUT2D eigenvalue weighted by molar-refractivity contribution is 14.0. The predicted octanol–water partition coefficient (Wildman–Crippen LogP) is 3.14. The first-order chi connectivity index (χ1) is 13.3. The molecule has 2 unspecified atom stereocenters.